The van der Waals surface area contributed by atoms with E-state index < -0.39 is 0 Å². The number of hydrogen-bond acceptors (Lipinski definition) is 3. The van der Waals surface area contributed by atoms with Gasteiger partial charge in [-0.3, -0.25) is 0 Å². The summed E-state index contributed by atoms with van der Waals surface area (Å²) >= 11 is 1.59. The van der Waals surface area contributed by atoms with Crippen LogP contribution in [0.5, 0.6) is 5.75 Å². The van der Waals surface area contributed by atoms with Crippen LogP contribution in [0.3, 0.4) is 0 Å². The zero-order valence-corrected chi connectivity index (χ0v) is 7.19. The van der Waals surface area contributed by atoms with Crippen LogP contribution in [-0.4, -0.2) is 11.4 Å². The molecule has 3 N–H and O–H groups in total. The summed E-state index contributed by atoms with van der Waals surface area (Å²) in [6, 6.07) is 5.23. The van der Waals surface area contributed by atoms with E-state index in [9.17, 15) is 0 Å². The van der Waals surface area contributed by atoms with Gasteiger partial charge < -0.3 is 10.8 Å². The van der Waals surface area contributed by atoms with Crippen molar-refractivity contribution in [2.45, 2.75) is 11.4 Å². The summed E-state index contributed by atoms with van der Waals surface area (Å²) in [4.78, 5) is 1.05. The second-order valence-corrected chi connectivity index (χ2v) is 3.05. The first-order valence-corrected chi connectivity index (χ1v) is 4.56. The van der Waals surface area contributed by atoms with E-state index in [0.29, 0.717) is 12.3 Å². The maximum Gasteiger partial charge on any atom is 0.116 e. The molecule has 0 aromatic heterocycles. The molecule has 0 radical (unpaired) electrons. The van der Waals surface area contributed by atoms with E-state index in [-0.39, 0.29) is 0 Å². The molecule has 60 valence electrons. The van der Waals surface area contributed by atoms with Gasteiger partial charge in [-0.05, 0) is 24.0 Å². The lowest BCUT2D eigenvalue weighted by molar-refractivity contribution is 0.473. The van der Waals surface area contributed by atoms with Gasteiger partial charge in [0, 0.05) is 11.4 Å². The monoisotopic (exact) mass is 169 g/mol. The number of hydrogen-bond donors (Lipinski definition) is 2. The zero-order chi connectivity index (χ0) is 8.27. The molecule has 1 rings (SSSR count). The Balaban J connectivity index is 3.06. The van der Waals surface area contributed by atoms with E-state index in [2.05, 4.69) is 0 Å². The first-order valence-electron chi connectivity index (χ1n) is 3.34. The summed E-state index contributed by atoms with van der Waals surface area (Å²) in [5.41, 5.74) is 6.56. The van der Waals surface area contributed by atoms with Gasteiger partial charge in [0.05, 0.1) is 0 Å². The Bertz CT molecular complexity index is 250. The third kappa shape index (κ3) is 1.88. The SMILES string of the molecule is CSc1cc(O)ccc1CN. The third-order valence-electron chi connectivity index (χ3n) is 1.49. The second-order valence-electron chi connectivity index (χ2n) is 2.20. The molecule has 0 saturated carbocycles. The average Bonchev–Trinajstić information content (AvgIpc) is 2.04. The van der Waals surface area contributed by atoms with Gasteiger partial charge in [0.2, 0.25) is 0 Å². The maximum absolute atomic E-state index is 9.11. The molecule has 2 nitrogen and oxygen atoms in total. The molecule has 0 heterocycles. The van der Waals surface area contributed by atoms with Crippen LogP contribution in [0.1, 0.15) is 5.56 Å². The van der Waals surface area contributed by atoms with Crippen molar-refractivity contribution in [2.24, 2.45) is 5.73 Å². The zero-order valence-electron chi connectivity index (χ0n) is 6.37. The van der Waals surface area contributed by atoms with Gasteiger partial charge in [-0.2, -0.15) is 0 Å². The standard InChI is InChI=1S/C8H11NOS/c1-11-8-4-7(10)3-2-6(8)5-9/h2-4,10H,5,9H2,1H3. The molecule has 0 amide bonds. The summed E-state index contributed by atoms with van der Waals surface area (Å²) in [7, 11) is 0. The van der Waals surface area contributed by atoms with E-state index in [1.807, 2.05) is 12.3 Å². The largest absolute Gasteiger partial charge is 0.508 e. The lowest BCUT2D eigenvalue weighted by Gasteiger charge is -2.03. The van der Waals surface area contributed by atoms with Crippen LogP contribution in [-0.2, 0) is 6.54 Å². The van der Waals surface area contributed by atoms with Crippen molar-refractivity contribution < 1.29 is 5.11 Å². The highest BCUT2D eigenvalue weighted by Gasteiger charge is 1.99. The fourth-order valence-electron chi connectivity index (χ4n) is 0.902. The lowest BCUT2D eigenvalue weighted by atomic mass is 10.2. The molecule has 0 aliphatic heterocycles. The minimum Gasteiger partial charge on any atom is -0.508 e. The number of aromatic hydroxyl groups is 1. The van der Waals surface area contributed by atoms with E-state index >= 15 is 0 Å². The van der Waals surface area contributed by atoms with Crippen molar-refractivity contribution >= 4 is 11.8 Å². The van der Waals surface area contributed by atoms with Crippen molar-refractivity contribution in [3.63, 3.8) is 0 Å². The summed E-state index contributed by atoms with van der Waals surface area (Å²) in [6.45, 7) is 0.524. The summed E-state index contributed by atoms with van der Waals surface area (Å²) < 4.78 is 0. The first kappa shape index (κ1) is 8.43. The molecule has 1 aromatic rings. The Hall–Kier alpha value is -0.670. The number of thioether (sulfide) groups is 1. The highest BCUT2D eigenvalue weighted by atomic mass is 32.2. The maximum atomic E-state index is 9.11. The van der Waals surface area contributed by atoms with Gasteiger partial charge in [-0.1, -0.05) is 6.07 Å². The molecule has 1 aromatic carbocycles. The second kappa shape index (κ2) is 3.64. The molecule has 0 spiro atoms. The van der Waals surface area contributed by atoms with E-state index in [4.69, 9.17) is 10.8 Å². The summed E-state index contributed by atoms with van der Waals surface area (Å²) in [5, 5.41) is 9.11. The molecular weight excluding hydrogens is 158 g/mol. The highest BCUT2D eigenvalue weighted by Crippen LogP contribution is 2.24. The summed E-state index contributed by atoms with van der Waals surface area (Å²) in [5.74, 6) is 0.298. The van der Waals surface area contributed by atoms with Crippen LogP contribution < -0.4 is 5.73 Å². The topological polar surface area (TPSA) is 46.2 Å². The molecule has 0 unspecified atom stereocenters. The van der Waals surface area contributed by atoms with Crippen LogP contribution in [0, 0.1) is 0 Å². The molecule has 0 aliphatic carbocycles. The molecule has 11 heavy (non-hydrogen) atoms. The van der Waals surface area contributed by atoms with Crippen LogP contribution >= 0.6 is 11.8 Å². The van der Waals surface area contributed by atoms with Crippen molar-refractivity contribution in [2.75, 3.05) is 6.26 Å². The smallest absolute Gasteiger partial charge is 0.116 e. The van der Waals surface area contributed by atoms with Crippen molar-refractivity contribution in [1.29, 1.82) is 0 Å². The van der Waals surface area contributed by atoms with Crippen LogP contribution in [0.25, 0.3) is 0 Å². The van der Waals surface area contributed by atoms with Crippen molar-refractivity contribution in [1.82, 2.24) is 0 Å². The van der Waals surface area contributed by atoms with Gasteiger partial charge in [0.1, 0.15) is 5.75 Å². The van der Waals surface area contributed by atoms with Gasteiger partial charge in [0.15, 0.2) is 0 Å². The van der Waals surface area contributed by atoms with Crippen molar-refractivity contribution in [3.8, 4) is 5.75 Å². The predicted octanol–water partition coefficient (Wildman–Crippen LogP) is 1.57. The van der Waals surface area contributed by atoms with E-state index in [1.165, 1.54) is 0 Å². The molecule has 0 aliphatic rings. The normalized spacial score (nSPS) is 10.0. The lowest BCUT2D eigenvalue weighted by Crippen LogP contribution is -1.97. The van der Waals surface area contributed by atoms with Gasteiger partial charge in [-0.25, -0.2) is 0 Å². The Morgan fingerprint density at radius 1 is 1.55 bits per heavy atom. The number of phenols is 1. The molecule has 0 bridgehead atoms. The number of nitrogens with two attached hydrogens (primary N) is 1. The Labute approximate surface area is 70.4 Å². The first-order chi connectivity index (χ1) is 5.27. The van der Waals surface area contributed by atoms with Gasteiger partial charge >= 0.3 is 0 Å². The Kier molecular flexibility index (Phi) is 2.79. The van der Waals surface area contributed by atoms with Crippen molar-refractivity contribution in [3.05, 3.63) is 23.8 Å². The number of benzene rings is 1. The van der Waals surface area contributed by atoms with E-state index in [0.717, 1.165) is 10.5 Å². The number of phenolic OH excluding ortho intramolecular Hbond substituents is 1. The average molecular weight is 169 g/mol. The molecule has 3 heteroatoms. The highest BCUT2D eigenvalue weighted by molar-refractivity contribution is 7.98. The third-order valence-corrected chi connectivity index (χ3v) is 2.31. The van der Waals surface area contributed by atoms with Gasteiger partial charge in [-0.15, -0.1) is 11.8 Å². The minimum absolute atomic E-state index is 0.298. The molecule has 0 fully saturated rings. The quantitative estimate of drug-likeness (QED) is 0.661. The Morgan fingerprint density at radius 3 is 2.82 bits per heavy atom. The van der Waals surface area contributed by atoms with Crippen LogP contribution in [0.2, 0.25) is 0 Å². The summed E-state index contributed by atoms with van der Waals surface area (Å²) in [6.07, 6.45) is 1.97. The predicted molar refractivity (Wildman–Crippen MR) is 47.8 cm³/mol. The van der Waals surface area contributed by atoms with E-state index in [1.54, 1.807) is 23.9 Å². The fourth-order valence-corrected chi connectivity index (χ4v) is 1.55. The van der Waals surface area contributed by atoms with Gasteiger partial charge in [0.25, 0.3) is 0 Å². The molecule has 0 atom stereocenters. The fraction of sp³-hybridized carbons (Fsp3) is 0.250. The molecular formula is C8H11NOS. The number of rotatable bonds is 2. The molecule has 0 saturated heterocycles. The van der Waals surface area contributed by atoms with Crippen LogP contribution in [0.4, 0.5) is 0 Å². The Morgan fingerprint density at radius 2 is 2.27 bits per heavy atom. The van der Waals surface area contributed by atoms with Crippen LogP contribution in [0.15, 0.2) is 23.1 Å². The minimum atomic E-state index is 0.298.